The lowest BCUT2D eigenvalue weighted by molar-refractivity contribution is -0.160. The van der Waals surface area contributed by atoms with E-state index in [1.165, 1.54) is 0 Å². The van der Waals surface area contributed by atoms with Crippen LogP contribution in [0.15, 0.2) is 60.7 Å². The Hall–Kier alpha value is -2.33. The molecule has 2 aromatic carbocycles. The van der Waals surface area contributed by atoms with Crippen LogP contribution in [-0.4, -0.2) is 18.1 Å². The second kappa shape index (κ2) is 6.84. The van der Waals surface area contributed by atoms with Crippen molar-refractivity contribution in [1.29, 1.82) is 0 Å². The minimum atomic E-state index is -1.13. The molecule has 0 aliphatic rings. The summed E-state index contributed by atoms with van der Waals surface area (Å²) in [5.74, 6) is -0.387. The summed E-state index contributed by atoms with van der Waals surface area (Å²) >= 11 is 0. The Balaban J connectivity index is 2.46. The third kappa shape index (κ3) is 4.11. The van der Waals surface area contributed by atoms with Gasteiger partial charge in [0, 0.05) is 12.2 Å². The van der Waals surface area contributed by atoms with E-state index >= 15 is 0 Å². The summed E-state index contributed by atoms with van der Waals surface area (Å²) in [6.07, 6.45) is 0. The highest BCUT2D eigenvalue weighted by Crippen LogP contribution is 2.29. The molecule has 0 saturated heterocycles. The molecule has 4 heteroatoms. The molecule has 0 amide bonds. The third-order valence-electron chi connectivity index (χ3n) is 3.45. The van der Waals surface area contributed by atoms with Gasteiger partial charge in [0.05, 0.1) is 0 Å². The highest BCUT2D eigenvalue weighted by Gasteiger charge is 2.42. The fraction of sp³-hybridized carbons (Fsp3) is 0.316. The molecule has 0 unspecified atom stereocenters. The summed E-state index contributed by atoms with van der Waals surface area (Å²) in [7, 11) is 0. The molecule has 0 saturated carbocycles. The van der Waals surface area contributed by atoms with Crippen molar-refractivity contribution in [3.63, 3.8) is 0 Å². The van der Waals surface area contributed by atoms with E-state index in [0.29, 0.717) is 0 Å². The van der Waals surface area contributed by atoms with Gasteiger partial charge in [-0.05, 0) is 38.5 Å². The molecule has 1 atom stereocenters. The van der Waals surface area contributed by atoms with Gasteiger partial charge >= 0.3 is 5.97 Å². The SMILES string of the molecule is CC(C)(C)OC(=O)[C@](CN)(Nc1ccccc1)c1ccccc1. The first-order valence-electron chi connectivity index (χ1n) is 7.70. The van der Waals surface area contributed by atoms with E-state index in [1.807, 2.05) is 81.4 Å². The zero-order valence-corrected chi connectivity index (χ0v) is 13.9. The molecule has 0 heterocycles. The van der Waals surface area contributed by atoms with E-state index in [2.05, 4.69) is 5.32 Å². The number of carbonyl (C=O) groups excluding carboxylic acids is 1. The van der Waals surface area contributed by atoms with Crippen LogP contribution in [0.1, 0.15) is 26.3 Å². The Morgan fingerprint density at radius 3 is 2.00 bits per heavy atom. The maximum absolute atomic E-state index is 13.0. The van der Waals surface area contributed by atoms with Crippen LogP contribution >= 0.6 is 0 Å². The molecular weight excluding hydrogens is 288 g/mol. The number of hydrogen-bond donors (Lipinski definition) is 2. The van der Waals surface area contributed by atoms with Crippen LogP contribution in [0.3, 0.4) is 0 Å². The lowest BCUT2D eigenvalue weighted by Crippen LogP contribution is -2.52. The fourth-order valence-electron chi connectivity index (χ4n) is 2.35. The molecule has 23 heavy (non-hydrogen) atoms. The van der Waals surface area contributed by atoms with Gasteiger partial charge in [-0.1, -0.05) is 48.5 Å². The van der Waals surface area contributed by atoms with E-state index in [4.69, 9.17) is 10.5 Å². The lowest BCUT2D eigenvalue weighted by atomic mass is 9.89. The molecule has 2 rings (SSSR count). The number of rotatable bonds is 5. The Morgan fingerprint density at radius 2 is 1.52 bits per heavy atom. The Kier molecular flexibility index (Phi) is 5.06. The first-order chi connectivity index (χ1) is 10.9. The number of carbonyl (C=O) groups is 1. The summed E-state index contributed by atoms with van der Waals surface area (Å²) in [5.41, 5.74) is 5.91. The summed E-state index contributed by atoms with van der Waals surface area (Å²) < 4.78 is 5.64. The third-order valence-corrected chi connectivity index (χ3v) is 3.45. The van der Waals surface area contributed by atoms with E-state index in [0.717, 1.165) is 11.3 Å². The number of hydrogen-bond acceptors (Lipinski definition) is 4. The molecule has 0 aromatic heterocycles. The summed E-state index contributed by atoms with van der Waals surface area (Å²) in [6, 6.07) is 19.0. The van der Waals surface area contributed by atoms with Crippen molar-refractivity contribution in [2.24, 2.45) is 5.73 Å². The van der Waals surface area contributed by atoms with Gasteiger partial charge in [0.2, 0.25) is 0 Å². The molecule has 0 fully saturated rings. The smallest absolute Gasteiger partial charge is 0.338 e. The number of anilines is 1. The van der Waals surface area contributed by atoms with Crippen LogP contribution in [0.4, 0.5) is 5.69 Å². The molecule has 122 valence electrons. The quantitative estimate of drug-likeness (QED) is 0.832. The van der Waals surface area contributed by atoms with Gasteiger partial charge in [0.1, 0.15) is 5.60 Å². The van der Waals surface area contributed by atoms with E-state index in [9.17, 15) is 4.79 Å². The fourth-order valence-corrected chi connectivity index (χ4v) is 2.35. The van der Waals surface area contributed by atoms with Crippen molar-refractivity contribution >= 4 is 11.7 Å². The Bertz CT molecular complexity index is 635. The van der Waals surface area contributed by atoms with Gasteiger partial charge in [-0.25, -0.2) is 4.79 Å². The van der Waals surface area contributed by atoms with Crippen LogP contribution < -0.4 is 11.1 Å². The van der Waals surface area contributed by atoms with Gasteiger partial charge in [-0.2, -0.15) is 0 Å². The summed E-state index contributed by atoms with van der Waals surface area (Å²) in [6.45, 7) is 5.62. The maximum atomic E-state index is 13.0. The molecular formula is C19H24N2O2. The molecule has 0 radical (unpaired) electrons. The van der Waals surface area contributed by atoms with Gasteiger partial charge < -0.3 is 15.8 Å². The van der Waals surface area contributed by atoms with Crippen molar-refractivity contribution in [3.05, 3.63) is 66.2 Å². The van der Waals surface area contributed by atoms with Gasteiger partial charge in [-0.3, -0.25) is 0 Å². The minimum Gasteiger partial charge on any atom is -0.458 e. The van der Waals surface area contributed by atoms with Crippen LogP contribution in [0.2, 0.25) is 0 Å². The first-order valence-corrected chi connectivity index (χ1v) is 7.70. The minimum absolute atomic E-state index is 0.0841. The molecule has 3 N–H and O–H groups in total. The molecule has 0 aliphatic carbocycles. The molecule has 0 spiro atoms. The number of ether oxygens (including phenoxy) is 1. The van der Waals surface area contributed by atoms with Crippen molar-refractivity contribution in [3.8, 4) is 0 Å². The number of nitrogens with two attached hydrogens (primary N) is 1. The van der Waals surface area contributed by atoms with Crippen LogP contribution in [-0.2, 0) is 15.1 Å². The van der Waals surface area contributed by atoms with Crippen LogP contribution in [0.25, 0.3) is 0 Å². The number of para-hydroxylation sites is 1. The first kappa shape index (κ1) is 17.0. The van der Waals surface area contributed by atoms with Gasteiger partial charge in [-0.15, -0.1) is 0 Å². The van der Waals surface area contributed by atoms with E-state index in [-0.39, 0.29) is 12.5 Å². The molecule has 4 nitrogen and oxygen atoms in total. The van der Waals surface area contributed by atoms with Crippen molar-refractivity contribution in [2.75, 3.05) is 11.9 Å². The average Bonchev–Trinajstić information content (AvgIpc) is 2.53. The number of nitrogens with one attached hydrogen (secondary N) is 1. The van der Waals surface area contributed by atoms with Crippen LogP contribution in [0, 0.1) is 0 Å². The van der Waals surface area contributed by atoms with E-state index in [1.54, 1.807) is 0 Å². The number of benzene rings is 2. The second-order valence-corrected chi connectivity index (χ2v) is 6.47. The summed E-state index contributed by atoms with van der Waals surface area (Å²) in [5, 5.41) is 3.28. The highest BCUT2D eigenvalue weighted by molar-refractivity contribution is 5.87. The van der Waals surface area contributed by atoms with Gasteiger partial charge in [0.15, 0.2) is 5.54 Å². The Morgan fingerprint density at radius 1 is 1.00 bits per heavy atom. The van der Waals surface area contributed by atoms with E-state index < -0.39 is 11.1 Å². The summed E-state index contributed by atoms with van der Waals surface area (Å²) in [4.78, 5) is 13.0. The zero-order valence-electron chi connectivity index (χ0n) is 13.9. The lowest BCUT2D eigenvalue weighted by Gasteiger charge is -2.35. The second-order valence-electron chi connectivity index (χ2n) is 6.47. The topological polar surface area (TPSA) is 64.3 Å². The maximum Gasteiger partial charge on any atom is 0.338 e. The molecule has 0 bridgehead atoms. The predicted molar refractivity (Wildman–Crippen MR) is 93.1 cm³/mol. The predicted octanol–water partition coefficient (Wildman–Crippen LogP) is 3.29. The van der Waals surface area contributed by atoms with Crippen molar-refractivity contribution in [1.82, 2.24) is 0 Å². The number of esters is 1. The standard InChI is InChI=1S/C19H24N2O2/c1-18(2,3)23-17(22)19(14-20,15-10-6-4-7-11-15)21-16-12-8-5-9-13-16/h4-13,21H,14,20H2,1-3H3/t19-/m1/s1. The molecule has 0 aliphatic heterocycles. The normalized spacial score (nSPS) is 13.9. The van der Waals surface area contributed by atoms with Gasteiger partial charge in [0.25, 0.3) is 0 Å². The molecule has 2 aromatic rings. The zero-order chi connectivity index (χ0) is 16.9. The Labute approximate surface area is 137 Å². The van der Waals surface area contributed by atoms with Crippen molar-refractivity contribution < 1.29 is 9.53 Å². The van der Waals surface area contributed by atoms with Crippen molar-refractivity contribution in [2.45, 2.75) is 31.9 Å². The average molecular weight is 312 g/mol. The monoisotopic (exact) mass is 312 g/mol. The largest absolute Gasteiger partial charge is 0.458 e. The van der Waals surface area contributed by atoms with Crippen LogP contribution in [0.5, 0.6) is 0 Å². The highest BCUT2D eigenvalue weighted by atomic mass is 16.6.